The molecule has 24 heavy (non-hydrogen) atoms. The second kappa shape index (κ2) is 9.45. The van der Waals surface area contributed by atoms with E-state index in [1.807, 2.05) is 24.6 Å². The number of aliphatic imine (C=N–C) groups is 1. The van der Waals surface area contributed by atoms with E-state index in [9.17, 15) is 0 Å². The molecule has 0 unspecified atom stereocenters. The Morgan fingerprint density at radius 3 is 2.67 bits per heavy atom. The third kappa shape index (κ3) is 5.35. The molecule has 1 aliphatic carbocycles. The molecule has 0 atom stereocenters. The van der Waals surface area contributed by atoms with Crippen molar-refractivity contribution in [3.8, 4) is 0 Å². The van der Waals surface area contributed by atoms with Gasteiger partial charge in [0.05, 0.1) is 0 Å². The minimum absolute atomic E-state index is 0.510. The van der Waals surface area contributed by atoms with Crippen LogP contribution in [0, 0.1) is 12.8 Å². The van der Waals surface area contributed by atoms with E-state index < -0.39 is 0 Å². The van der Waals surface area contributed by atoms with Crippen LogP contribution in [0.15, 0.2) is 17.6 Å². The molecule has 1 heterocycles. The highest BCUT2D eigenvalue weighted by molar-refractivity contribution is 5.80. The van der Waals surface area contributed by atoms with Crippen LogP contribution in [0.25, 0.3) is 0 Å². The van der Waals surface area contributed by atoms with E-state index in [2.05, 4.69) is 39.3 Å². The lowest BCUT2D eigenvalue weighted by Gasteiger charge is -2.30. The zero-order valence-electron chi connectivity index (χ0n) is 15.4. The Balaban J connectivity index is 1.91. The van der Waals surface area contributed by atoms with Gasteiger partial charge in [0.2, 0.25) is 0 Å². The Morgan fingerprint density at radius 2 is 2.08 bits per heavy atom. The SMILES string of the molecule is C=CCNC(=NCc1nnc(C)n1C)NC1CCC(CCC)CC1. The summed E-state index contributed by atoms with van der Waals surface area (Å²) < 4.78 is 1.98. The minimum Gasteiger partial charge on any atom is -0.354 e. The van der Waals surface area contributed by atoms with Gasteiger partial charge in [0, 0.05) is 19.6 Å². The molecule has 1 fully saturated rings. The molecular formula is C18H32N6. The standard InChI is InChI=1S/C18H32N6/c1-5-7-15-8-10-16(11-9-15)21-18(19-12-6-2)20-13-17-23-22-14(3)24(17)4/h6,15-16H,2,5,7-13H2,1,3-4H3,(H2,19,20,21). The van der Waals surface area contributed by atoms with E-state index in [0.29, 0.717) is 19.1 Å². The zero-order valence-corrected chi connectivity index (χ0v) is 15.4. The molecule has 6 heteroatoms. The second-order valence-corrected chi connectivity index (χ2v) is 6.71. The van der Waals surface area contributed by atoms with Crippen molar-refractivity contribution in [1.82, 2.24) is 25.4 Å². The molecule has 0 bridgehead atoms. The van der Waals surface area contributed by atoms with E-state index in [4.69, 9.17) is 0 Å². The van der Waals surface area contributed by atoms with Gasteiger partial charge in [-0.2, -0.15) is 0 Å². The van der Waals surface area contributed by atoms with Crippen LogP contribution in [0.2, 0.25) is 0 Å². The summed E-state index contributed by atoms with van der Waals surface area (Å²) in [4.78, 5) is 4.68. The van der Waals surface area contributed by atoms with Crippen molar-refractivity contribution in [2.75, 3.05) is 6.54 Å². The Hall–Kier alpha value is -1.85. The van der Waals surface area contributed by atoms with Gasteiger partial charge in [-0.1, -0.05) is 25.8 Å². The molecule has 1 aromatic rings. The number of hydrogen-bond donors (Lipinski definition) is 2. The molecule has 1 aromatic heterocycles. The van der Waals surface area contributed by atoms with E-state index in [1.165, 1.54) is 38.5 Å². The Bertz CT molecular complexity index is 540. The van der Waals surface area contributed by atoms with Crippen molar-refractivity contribution in [2.24, 2.45) is 18.0 Å². The number of aromatic nitrogens is 3. The van der Waals surface area contributed by atoms with E-state index >= 15 is 0 Å². The van der Waals surface area contributed by atoms with Gasteiger partial charge < -0.3 is 15.2 Å². The molecule has 0 aromatic carbocycles. The topological polar surface area (TPSA) is 67.1 Å². The van der Waals surface area contributed by atoms with Crippen LogP contribution in [-0.4, -0.2) is 33.3 Å². The van der Waals surface area contributed by atoms with Crippen molar-refractivity contribution in [3.63, 3.8) is 0 Å². The maximum Gasteiger partial charge on any atom is 0.192 e. The van der Waals surface area contributed by atoms with Crippen molar-refractivity contribution in [2.45, 2.75) is 65.0 Å². The predicted molar refractivity (Wildman–Crippen MR) is 98.9 cm³/mol. The second-order valence-electron chi connectivity index (χ2n) is 6.71. The summed E-state index contributed by atoms with van der Waals surface area (Å²) in [6.07, 6.45) is 9.61. The normalized spacial score (nSPS) is 21.5. The quantitative estimate of drug-likeness (QED) is 0.458. The van der Waals surface area contributed by atoms with Gasteiger partial charge in [-0.15, -0.1) is 16.8 Å². The Kier molecular flexibility index (Phi) is 7.28. The van der Waals surface area contributed by atoms with Gasteiger partial charge in [-0.05, 0) is 38.5 Å². The van der Waals surface area contributed by atoms with Crippen LogP contribution < -0.4 is 10.6 Å². The zero-order chi connectivity index (χ0) is 17.4. The summed E-state index contributed by atoms with van der Waals surface area (Å²) >= 11 is 0. The van der Waals surface area contributed by atoms with Crippen LogP contribution in [-0.2, 0) is 13.6 Å². The fraction of sp³-hybridized carbons (Fsp3) is 0.722. The van der Waals surface area contributed by atoms with Crippen molar-refractivity contribution < 1.29 is 0 Å². The maximum atomic E-state index is 4.68. The number of rotatable bonds is 7. The minimum atomic E-state index is 0.510. The summed E-state index contributed by atoms with van der Waals surface area (Å²) in [5.74, 6) is 3.53. The van der Waals surface area contributed by atoms with Gasteiger partial charge in [0.1, 0.15) is 12.4 Å². The molecule has 0 spiro atoms. The van der Waals surface area contributed by atoms with Crippen LogP contribution >= 0.6 is 0 Å². The summed E-state index contributed by atoms with van der Waals surface area (Å²) in [6, 6.07) is 0.510. The van der Waals surface area contributed by atoms with E-state index in [0.717, 1.165) is 23.5 Å². The molecule has 0 amide bonds. The first-order chi connectivity index (χ1) is 11.6. The van der Waals surface area contributed by atoms with Crippen LogP contribution in [0.1, 0.15) is 57.1 Å². The summed E-state index contributed by atoms with van der Waals surface area (Å²) in [5, 5.41) is 15.2. The lowest BCUT2D eigenvalue weighted by molar-refractivity contribution is 0.295. The lowest BCUT2D eigenvalue weighted by Crippen LogP contribution is -2.45. The molecule has 2 rings (SSSR count). The lowest BCUT2D eigenvalue weighted by atomic mass is 9.83. The first kappa shape index (κ1) is 18.5. The fourth-order valence-corrected chi connectivity index (χ4v) is 3.26. The molecule has 1 saturated carbocycles. The van der Waals surface area contributed by atoms with Gasteiger partial charge in [-0.25, -0.2) is 4.99 Å². The molecular weight excluding hydrogens is 300 g/mol. The number of guanidine groups is 1. The third-order valence-electron chi connectivity index (χ3n) is 4.86. The van der Waals surface area contributed by atoms with E-state index in [-0.39, 0.29) is 0 Å². The van der Waals surface area contributed by atoms with Crippen molar-refractivity contribution in [3.05, 3.63) is 24.3 Å². The Morgan fingerprint density at radius 1 is 1.33 bits per heavy atom. The maximum absolute atomic E-state index is 4.68. The first-order valence-corrected chi connectivity index (χ1v) is 9.14. The van der Waals surface area contributed by atoms with Gasteiger partial charge in [0.25, 0.3) is 0 Å². The highest BCUT2D eigenvalue weighted by atomic mass is 15.3. The van der Waals surface area contributed by atoms with Crippen LogP contribution in [0.3, 0.4) is 0 Å². The summed E-state index contributed by atoms with van der Waals surface area (Å²) in [6.45, 7) is 9.23. The average Bonchev–Trinajstić information content (AvgIpc) is 2.91. The number of nitrogens with one attached hydrogen (secondary N) is 2. The molecule has 2 N–H and O–H groups in total. The number of aryl methyl sites for hydroxylation is 1. The number of hydrogen-bond acceptors (Lipinski definition) is 3. The molecule has 0 saturated heterocycles. The Labute approximate surface area is 145 Å². The summed E-state index contributed by atoms with van der Waals surface area (Å²) in [7, 11) is 1.97. The third-order valence-corrected chi connectivity index (χ3v) is 4.86. The molecule has 0 radical (unpaired) electrons. The van der Waals surface area contributed by atoms with Crippen LogP contribution in [0.4, 0.5) is 0 Å². The fourth-order valence-electron chi connectivity index (χ4n) is 3.26. The first-order valence-electron chi connectivity index (χ1n) is 9.14. The predicted octanol–water partition coefficient (Wildman–Crippen LogP) is 2.70. The molecule has 134 valence electrons. The van der Waals surface area contributed by atoms with E-state index in [1.54, 1.807) is 0 Å². The average molecular weight is 332 g/mol. The molecule has 0 aliphatic heterocycles. The van der Waals surface area contributed by atoms with Gasteiger partial charge in [-0.3, -0.25) is 0 Å². The van der Waals surface area contributed by atoms with Crippen LogP contribution in [0.5, 0.6) is 0 Å². The highest BCUT2D eigenvalue weighted by Gasteiger charge is 2.21. The molecule has 1 aliphatic rings. The highest BCUT2D eigenvalue weighted by Crippen LogP contribution is 2.27. The van der Waals surface area contributed by atoms with Gasteiger partial charge >= 0.3 is 0 Å². The monoisotopic (exact) mass is 332 g/mol. The largest absolute Gasteiger partial charge is 0.354 e. The molecule has 6 nitrogen and oxygen atoms in total. The summed E-state index contributed by atoms with van der Waals surface area (Å²) in [5.41, 5.74) is 0. The smallest absolute Gasteiger partial charge is 0.192 e. The van der Waals surface area contributed by atoms with Gasteiger partial charge in [0.15, 0.2) is 11.8 Å². The van der Waals surface area contributed by atoms with Crippen molar-refractivity contribution in [1.29, 1.82) is 0 Å². The van der Waals surface area contributed by atoms with Crippen molar-refractivity contribution >= 4 is 5.96 Å². The number of nitrogens with zero attached hydrogens (tertiary/aromatic N) is 4.